The molecule has 1 N–H and O–H groups in total. The SMILES string of the molecule is CC(c1ccccc1F)N(C)CC(=O)NCC1CCCCC1. The van der Waals surface area contributed by atoms with Gasteiger partial charge in [0.2, 0.25) is 5.91 Å². The summed E-state index contributed by atoms with van der Waals surface area (Å²) in [5, 5.41) is 3.03. The smallest absolute Gasteiger partial charge is 0.234 e. The van der Waals surface area contributed by atoms with Crippen molar-refractivity contribution in [1.82, 2.24) is 10.2 Å². The first-order valence-corrected chi connectivity index (χ1v) is 8.29. The maximum atomic E-state index is 13.8. The lowest BCUT2D eigenvalue weighted by molar-refractivity contribution is -0.122. The van der Waals surface area contributed by atoms with E-state index in [1.807, 2.05) is 24.9 Å². The largest absolute Gasteiger partial charge is 0.355 e. The number of hydrogen-bond donors (Lipinski definition) is 1. The van der Waals surface area contributed by atoms with Crippen LogP contribution in [-0.4, -0.2) is 30.9 Å². The molecule has 1 aromatic carbocycles. The Balaban J connectivity index is 1.79. The molecule has 4 heteroatoms. The zero-order chi connectivity index (χ0) is 15.9. The molecule has 1 atom stereocenters. The number of carbonyl (C=O) groups is 1. The second-order valence-corrected chi connectivity index (χ2v) is 6.42. The maximum Gasteiger partial charge on any atom is 0.234 e. The number of benzene rings is 1. The molecule has 0 bridgehead atoms. The number of halogens is 1. The van der Waals surface area contributed by atoms with Gasteiger partial charge in [-0.15, -0.1) is 0 Å². The number of amides is 1. The normalized spacial score (nSPS) is 17.5. The van der Waals surface area contributed by atoms with E-state index in [-0.39, 0.29) is 17.8 Å². The molecule has 3 nitrogen and oxygen atoms in total. The first-order chi connectivity index (χ1) is 10.6. The zero-order valence-electron chi connectivity index (χ0n) is 13.6. The number of rotatable bonds is 6. The molecule has 122 valence electrons. The third-order valence-electron chi connectivity index (χ3n) is 4.72. The van der Waals surface area contributed by atoms with Crippen LogP contribution in [0.3, 0.4) is 0 Å². The van der Waals surface area contributed by atoms with Gasteiger partial charge in [0, 0.05) is 18.2 Å². The van der Waals surface area contributed by atoms with E-state index in [1.54, 1.807) is 12.1 Å². The fraction of sp³-hybridized carbons (Fsp3) is 0.611. The number of likely N-dealkylation sites (N-methyl/N-ethyl adjacent to an activating group) is 1. The van der Waals surface area contributed by atoms with Crippen LogP contribution in [0.4, 0.5) is 4.39 Å². The van der Waals surface area contributed by atoms with Crippen LogP contribution in [0.15, 0.2) is 24.3 Å². The lowest BCUT2D eigenvalue weighted by Gasteiger charge is -2.26. The van der Waals surface area contributed by atoms with Crippen molar-refractivity contribution in [1.29, 1.82) is 0 Å². The molecule has 0 heterocycles. The van der Waals surface area contributed by atoms with Gasteiger partial charge in [-0.2, -0.15) is 0 Å². The van der Waals surface area contributed by atoms with Gasteiger partial charge >= 0.3 is 0 Å². The first-order valence-electron chi connectivity index (χ1n) is 8.29. The van der Waals surface area contributed by atoms with Crippen molar-refractivity contribution >= 4 is 5.91 Å². The Hall–Kier alpha value is -1.42. The third-order valence-corrected chi connectivity index (χ3v) is 4.72. The van der Waals surface area contributed by atoms with Gasteiger partial charge in [-0.3, -0.25) is 9.69 Å². The molecule has 1 aromatic rings. The van der Waals surface area contributed by atoms with Gasteiger partial charge in [0.15, 0.2) is 0 Å². The molecule has 1 fully saturated rings. The van der Waals surface area contributed by atoms with Crippen molar-refractivity contribution in [3.63, 3.8) is 0 Å². The minimum atomic E-state index is -0.218. The van der Waals surface area contributed by atoms with Gasteiger partial charge in [-0.05, 0) is 38.8 Å². The minimum Gasteiger partial charge on any atom is -0.355 e. The highest BCUT2D eigenvalue weighted by atomic mass is 19.1. The van der Waals surface area contributed by atoms with Gasteiger partial charge < -0.3 is 5.32 Å². The fourth-order valence-corrected chi connectivity index (χ4v) is 3.12. The van der Waals surface area contributed by atoms with E-state index in [4.69, 9.17) is 0 Å². The Morgan fingerprint density at radius 1 is 1.32 bits per heavy atom. The number of carbonyl (C=O) groups excluding carboxylic acids is 1. The first kappa shape index (κ1) is 16.9. The van der Waals surface area contributed by atoms with Gasteiger partial charge in [0.05, 0.1) is 6.54 Å². The number of hydrogen-bond acceptors (Lipinski definition) is 2. The van der Waals surface area contributed by atoms with Crippen molar-refractivity contribution < 1.29 is 9.18 Å². The van der Waals surface area contributed by atoms with Gasteiger partial charge in [-0.1, -0.05) is 37.5 Å². The summed E-state index contributed by atoms with van der Waals surface area (Å²) in [6.07, 6.45) is 6.34. The second-order valence-electron chi connectivity index (χ2n) is 6.42. The molecule has 1 unspecified atom stereocenters. The Bertz CT molecular complexity index is 486. The molecule has 1 saturated carbocycles. The Morgan fingerprint density at radius 2 is 2.00 bits per heavy atom. The van der Waals surface area contributed by atoms with E-state index in [2.05, 4.69) is 5.32 Å². The van der Waals surface area contributed by atoms with Crippen molar-refractivity contribution in [2.75, 3.05) is 20.1 Å². The summed E-state index contributed by atoms with van der Waals surface area (Å²) in [6, 6.07) is 6.62. The molecular formula is C18H27FN2O. The lowest BCUT2D eigenvalue weighted by atomic mass is 9.89. The Labute approximate surface area is 132 Å². The molecule has 22 heavy (non-hydrogen) atoms. The second kappa shape index (κ2) is 8.28. The van der Waals surface area contributed by atoms with E-state index >= 15 is 0 Å². The van der Waals surface area contributed by atoms with Crippen LogP contribution in [-0.2, 0) is 4.79 Å². The summed E-state index contributed by atoms with van der Waals surface area (Å²) < 4.78 is 13.8. The summed E-state index contributed by atoms with van der Waals surface area (Å²) in [5.41, 5.74) is 0.630. The molecule has 0 radical (unpaired) electrons. The molecule has 0 spiro atoms. The minimum absolute atomic E-state index is 0.0243. The van der Waals surface area contributed by atoms with Crippen LogP contribution in [0.5, 0.6) is 0 Å². The van der Waals surface area contributed by atoms with E-state index < -0.39 is 0 Å². The molecule has 0 aliphatic heterocycles. The predicted octanol–water partition coefficient (Wildman–Crippen LogP) is 3.52. The summed E-state index contributed by atoms with van der Waals surface area (Å²) in [5.74, 6) is 0.438. The van der Waals surface area contributed by atoms with E-state index in [9.17, 15) is 9.18 Å². The highest BCUT2D eigenvalue weighted by molar-refractivity contribution is 5.78. The van der Waals surface area contributed by atoms with Gasteiger partial charge in [0.1, 0.15) is 5.82 Å². The average Bonchev–Trinajstić information content (AvgIpc) is 2.53. The van der Waals surface area contributed by atoms with Crippen molar-refractivity contribution in [3.8, 4) is 0 Å². The molecular weight excluding hydrogens is 279 g/mol. The van der Waals surface area contributed by atoms with Gasteiger partial charge in [0.25, 0.3) is 0 Å². The molecule has 1 aliphatic carbocycles. The van der Waals surface area contributed by atoms with Crippen molar-refractivity contribution in [2.45, 2.75) is 45.1 Å². The number of nitrogens with zero attached hydrogens (tertiary/aromatic N) is 1. The zero-order valence-corrected chi connectivity index (χ0v) is 13.6. The van der Waals surface area contributed by atoms with Crippen LogP contribution in [0, 0.1) is 11.7 Å². The van der Waals surface area contributed by atoms with Crippen LogP contribution in [0.1, 0.15) is 50.6 Å². The average molecular weight is 306 g/mol. The summed E-state index contributed by atoms with van der Waals surface area (Å²) in [4.78, 5) is 14.0. The summed E-state index contributed by atoms with van der Waals surface area (Å²) in [6.45, 7) is 3.00. The van der Waals surface area contributed by atoms with Crippen LogP contribution in [0.25, 0.3) is 0 Å². The van der Waals surface area contributed by atoms with Gasteiger partial charge in [-0.25, -0.2) is 4.39 Å². The monoisotopic (exact) mass is 306 g/mol. The van der Waals surface area contributed by atoms with E-state index in [0.717, 1.165) is 6.54 Å². The predicted molar refractivity (Wildman–Crippen MR) is 87.0 cm³/mol. The molecule has 0 saturated heterocycles. The molecule has 0 aromatic heterocycles. The topological polar surface area (TPSA) is 32.3 Å². The molecule has 1 amide bonds. The third kappa shape index (κ3) is 4.80. The van der Waals surface area contributed by atoms with E-state index in [0.29, 0.717) is 18.0 Å². The standard InChI is InChI=1S/C18H27FN2O/c1-14(16-10-6-7-11-17(16)19)21(2)13-18(22)20-12-15-8-4-3-5-9-15/h6-7,10-11,14-15H,3-5,8-9,12-13H2,1-2H3,(H,20,22). The van der Waals surface area contributed by atoms with Crippen molar-refractivity contribution in [2.24, 2.45) is 5.92 Å². The summed E-state index contributed by atoms with van der Waals surface area (Å²) >= 11 is 0. The lowest BCUT2D eigenvalue weighted by Crippen LogP contribution is -2.38. The number of nitrogens with one attached hydrogen (secondary N) is 1. The summed E-state index contributed by atoms with van der Waals surface area (Å²) in [7, 11) is 1.86. The Kier molecular flexibility index (Phi) is 6.37. The van der Waals surface area contributed by atoms with Crippen molar-refractivity contribution in [3.05, 3.63) is 35.6 Å². The van der Waals surface area contributed by atoms with Crippen LogP contribution in [0.2, 0.25) is 0 Å². The molecule has 2 rings (SSSR count). The van der Waals surface area contributed by atoms with E-state index in [1.165, 1.54) is 38.2 Å². The Morgan fingerprint density at radius 3 is 2.68 bits per heavy atom. The maximum absolute atomic E-state index is 13.8. The quantitative estimate of drug-likeness (QED) is 0.872. The molecule has 1 aliphatic rings. The van der Waals surface area contributed by atoms with Crippen LogP contribution < -0.4 is 5.32 Å². The van der Waals surface area contributed by atoms with Crippen LogP contribution >= 0.6 is 0 Å². The highest BCUT2D eigenvalue weighted by Crippen LogP contribution is 2.23. The fourth-order valence-electron chi connectivity index (χ4n) is 3.12. The highest BCUT2D eigenvalue weighted by Gasteiger charge is 2.19.